The van der Waals surface area contributed by atoms with Gasteiger partial charge in [-0.25, -0.2) is 4.79 Å². The van der Waals surface area contributed by atoms with Crippen LogP contribution in [0.25, 0.3) is 10.9 Å². The molecule has 4 rings (SSSR count). The highest BCUT2D eigenvalue weighted by atomic mass is 16.4. The summed E-state index contributed by atoms with van der Waals surface area (Å²) in [5, 5.41) is 18.7. The van der Waals surface area contributed by atoms with E-state index in [0.717, 1.165) is 22.0 Å². The van der Waals surface area contributed by atoms with Crippen molar-refractivity contribution in [1.29, 1.82) is 0 Å². The van der Waals surface area contributed by atoms with Gasteiger partial charge in [-0.05, 0) is 29.2 Å². The van der Waals surface area contributed by atoms with E-state index >= 15 is 0 Å². The number of hydrogen-bond acceptors (Lipinski definition) is 6. The monoisotopic (exact) mass is 626 g/mol. The topological polar surface area (TPSA) is 209 Å². The molecule has 0 spiro atoms. The van der Waals surface area contributed by atoms with Gasteiger partial charge in [0, 0.05) is 42.8 Å². The minimum Gasteiger partial charge on any atom is -0.480 e. The van der Waals surface area contributed by atoms with Crippen LogP contribution in [0.1, 0.15) is 29.5 Å². The maximum absolute atomic E-state index is 13.9. The summed E-state index contributed by atoms with van der Waals surface area (Å²) in [6.45, 7) is 0. The van der Waals surface area contributed by atoms with Gasteiger partial charge in [-0.3, -0.25) is 19.2 Å². The van der Waals surface area contributed by atoms with Crippen LogP contribution in [0.3, 0.4) is 0 Å². The van der Waals surface area contributed by atoms with Gasteiger partial charge in [0.25, 0.3) is 0 Å². The van der Waals surface area contributed by atoms with Gasteiger partial charge in [-0.1, -0.05) is 78.9 Å². The first kappa shape index (κ1) is 33.4. The molecule has 1 heterocycles. The summed E-state index contributed by atoms with van der Waals surface area (Å²) in [5.41, 5.74) is 14.2. The lowest BCUT2D eigenvalue weighted by Crippen LogP contribution is -2.58. The van der Waals surface area contributed by atoms with Gasteiger partial charge in [0.15, 0.2) is 0 Å². The number of para-hydroxylation sites is 1. The number of nitrogens with two attached hydrogens (primary N) is 2. The van der Waals surface area contributed by atoms with E-state index < -0.39 is 53.8 Å². The van der Waals surface area contributed by atoms with Gasteiger partial charge < -0.3 is 37.5 Å². The first-order valence-electron chi connectivity index (χ1n) is 14.9. The second-order valence-corrected chi connectivity index (χ2v) is 11.1. The summed E-state index contributed by atoms with van der Waals surface area (Å²) in [5.74, 6) is -3.88. The van der Waals surface area contributed by atoms with E-state index in [1.807, 2.05) is 30.3 Å². The Morgan fingerprint density at radius 1 is 0.674 bits per heavy atom. The van der Waals surface area contributed by atoms with Crippen LogP contribution in [0.2, 0.25) is 0 Å². The van der Waals surface area contributed by atoms with Crippen molar-refractivity contribution in [3.05, 3.63) is 108 Å². The number of amides is 4. The number of primary amides is 1. The molecule has 0 fully saturated rings. The molecule has 0 aliphatic carbocycles. The predicted octanol–water partition coefficient (Wildman–Crippen LogP) is 1.33. The average Bonchev–Trinajstić information content (AvgIpc) is 3.46. The fourth-order valence-corrected chi connectivity index (χ4v) is 5.09. The molecule has 4 aromatic rings. The van der Waals surface area contributed by atoms with E-state index in [9.17, 15) is 29.1 Å². The fourth-order valence-electron chi connectivity index (χ4n) is 5.09. The smallest absolute Gasteiger partial charge is 0.326 e. The van der Waals surface area contributed by atoms with Crippen LogP contribution in [0, 0.1) is 0 Å². The summed E-state index contributed by atoms with van der Waals surface area (Å²) in [4.78, 5) is 67.1. The summed E-state index contributed by atoms with van der Waals surface area (Å²) >= 11 is 0. The van der Waals surface area contributed by atoms with Crippen molar-refractivity contribution >= 4 is 40.5 Å². The second-order valence-electron chi connectivity index (χ2n) is 11.1. The molecule has 46 heavy (non-hydrogen) atoms. The fraction of sp³-hybridized carbons (Fsp3) is 0.265. The van der Waals surface area contributed by atoms with Crippen molar-refractivity contribution in [3.8, 4) is 0 Å². The number of benzene rings is 3. The van der Waals surface area contributed by atoms with Crippen molar-refractivity contribution in [2.75, 3.05) is 0 Å². The number of fused-ring (bicyclic) bond motifs is 1. The maximum atomic E-state index is 13.9. The highest BCUT2D eigenvalue weighted by molar-refractivity contribution is 5.95. The molecule has 0 aliphatic rings. The molecular weight excluding hydrogens is 588 g/mol. The van der Waals surface area contributed by atoms with Gasteiger partial charge in [-0.15, -0.1) is 0 Å². The van der Waals surface area contributed by atoms with Gasteiger partial charge in [0.05, 0.1) is 6.04 Å². The standard InChI is InChI=1S/C34H38N6O6/c35-25(15-16-30(36)41)31(42)38-28(19-23-20-37-26-14-8-7-13-24(23)26)33(44)39-27(17-21-9-3-1-4-10-21)32(43)40-29(34(45)46)18-22-11-5-2-6-12-22/h1-14,20,25,27-29,37H,15-19,35H2,(H2,36,41)(H,38,42)(H,39,44)(H,40,43)(H,45,46). The number of carboxylic acids is 1. The van der Waals surface area contributed by atoms with Gasteiger partial charge in [0.1, 0.15) is 18.1 Å². The first-order valence-corrected chi connectivity index (χ1v) is 14.9. The molecule has 4 amide bonds. The highest BCUT2D eigenvalue weighted by Crippen LogP contribution is 2.19. The number of hydrogen-bond donors (Lipinski definition) is 7. The minimum atomic E-state index is -1.25. The lowest BCUT2D eigenvalue weighted by molar-refractivity contribution is -0.142. The number of carboxylic acid groups (broad SMARTS) is 1. The van der Waals surface area contributed by atoms with Crippen molar-refractivity contribution in [1.82, 2.24) is 20.9 Å². The Balaban J connectivity index is 1.58. The van der Waals surface area contributed by atoms with Crippen LogP contribution < -0.4 is 27.4 Å². The largest absolute Gasteiger partial charge is 0.480 e. The van der Waals surface area contributed by atoms with E-state index in [-0.39, 0.29) is 32.1 Å². The predicted molar refractivity (Wildman–Crippen MR) is 172 cm³/mol. The molecule has 12 heteroatoms. The van der Waals surface area contributed by atoms with E-state index in [0.29, 0.717) is 5.56 Å². The summed E-state index contributed by atoms with van der Waals surface area (Å²) < 4.78 is 0. The van der Waals surface area contributed by atoms with Crippen molar-refractivity contribution in [2.24, 2.45) is 11.5 Å². The zero-order valence-electron chi connectivity index (χ0n) is 25.1. The van der Waals surface area contributed by atoms with Crippen LogP contribution in [0.4, 0.5) is 0 Å². The van der Waals surface area contributed by atoms with Crippen LogP contribution in [-0.4, -0.2) is 63.9 Å². The Bertz CT molecular complexity index is 1660. The summed E-state index contributed by atoms with van der Waals surface area (Å²) in [6, 6.07) is 20.6. The zero-order chi connectivity index (χ0) is 33.1. The molecular formula is C34H38N6O6. The van der Waals surface area contributed by atoms with E-state index in [4.69, 9.17) is 11.5 Å². The number of carbonyl (C=O) groups is 5. The quantitative estimate of drug-likeness (QED) is 0.0969. The van der Waals surface area contributed by atoms with E-state index in [2.05, 4.69) is 20.9 Å². The third kappa shape index (κ3) is 9.50. The SMILES string of the molecule is NC(=O)CCC(N)C(=O)NC(Cc1c[nH]c2ccccc12)C(=O)NC(Cc1ccccc1)C(=O)NC(Cc1ccccc1)C(=O)O. The Hall–Kier alpha value is -5.49. The number of H-pyrrole nitrogens is 1. The van der Waals surface area contributed by atoms with Crippen molar-refractivity contribution < 1.29 is 29.1 Å². The van der Waals surface area contributed by atoms with E-state index in [1.165, 1.54) is 0 Å². The summed E-state index contributed by atoms with van der Waals surface area (Å²) in [6.07, 6.45) is 1.76. The molecule has 0 aliphatic heterocycles. The molecule has 0 saturated heterocycles. The Morgan fingerprint density at radius 3 is 1.76 bits per heavy atom. The molecule has 3 aromatic carbocycles. The van der Waals surface area contributed by atoms with Gasteiger partial charge in [0.2, 0.25) is 23.6 Å². The summed E-state index contributed by atoms with van der Waals surface area (Å²) in [7, 11) is 0. The van der Waals surface area contributed by atoms with Crippen LogP contribution in [0.15, 0.2) is 91.1 Å². The van der Waals surface area contributed by atoms with E-state index in [1.54, 1.807) is 60.8 Å². The highest BCUT2D eigenvalue weighted by Gasteiger charge is 2.31. The zero-order valence-corrected chi connectivity index (χ0v) is 25.1. The average molecular weight is 627 g/mol. The number of aliphatic carboxylic acids is 1. The number of nitrogens with one attached hydrogen (secondary N) is 4. The molecule has 240 valence electrons. The molecule has 0 radical (unpaired) electrons. The number of rotatable bonds is 16. The lowest BCUT2D eigenvalue weighted by atomic mass is 10.0. The number of aromatic nitrogens is 1. The first-order chi connectivity index (χ1) is 22.1. The van der Waals surface area contributed by atoms with Crippen LogP contribution in [0.5, 0.6) is 0 Å². The number of aromatic amines is 1. The van der Waals surface area contributed by atoms with Gasteiger partial charge in [-0.2, -0.15) is 0 Å². The number of carbonyl (C=O) groups excluding carboxylic acids is 4. The Labute approximate surface area is 265 Å². The molecule has 4 atom stereocenters. The molecule has 9 N–H and O–H groups in total. The second kappa shape index (κ2) is 16.0. The minimum absolute atomic E-state index is 0.0143. The van der Waals surface area contributed by atoms with Crippen LogP contribution in [-0.2, 0) is 43.2 Å². The molecule has 1 aromatic heterocycles. The maximum Gasteiger partial charge on any atom is 0.326 e. The van der Waals surface area contributed by atoms with Gasteiger partial charge >= 0.3 is 5.97 Å². The molecule has 0 saturated carbocycles. The Morgan fingerprint density at radius 2 is 1.17 bits per heavy atom. The molecule has 4 unspecified atom stereocenters. The van der Waals surface area contributed by atoms with Crippen LogP contribution >= 0.6 is 0 Å². The molecule has 12 nitrogen and oxygen atoms in total. The third-order valence-electron chi connectivity index (χ3n) is 7.58. The van der Waals surface area contributed by atoms with Crippen molar-refractivity contribution in [2.45, 2.75) is 56.3 Å². The third-order valence-corrected chi connectivity index (χ3v) is 7.58. The van der Waals surface area contributed by atoms with Crippen molar-refractivity contribution in [3.63, 3.8) is 0 Å². The molecule has 0 bridgehead atoms. The Kier molecular flexibility index (Phi) is 11.6. The normalized spacial score (nSPS) is 13.6. The lowest BCUT2D eigenvalue weighted by Gasteiger charge is -2.25.